The van der Waals surface area contributed by atoms with Crippen molar-refractivity contribution in [1.82, 2.24) is 24.4 Å². The zero-order chi connectivity index (χ0) is 19.7. The van der Waals surface area contributed by atoms with Gasteiger partial charge in [0.25, 0.3) is 0 Å². The number of nitrogen functional groups attached to an aromatic ring is 1. The molecule has 10 heteroatoms. The van der Waals surface area contributed by atoms with E-state index in [4.69, 9.17) is 27.1 Å². The average Bonchev–Trinajstić information content (AvgIpc) is 2.99. The number of halogens is 1. The summed E-state index contributed by atoms with van der Waals surface area (Å²) in [6.45, 7) is 7.87. The Morgan fingerprint density at radius 3 is 2.68 bits per heavy atom. The smallest absolute Gasteiger partial charge is 0.219 e. The molecule has 0 atom stereocenters. The lowest BCUT2D eigenvalue weighted by Crippen LogP contribution is -2.42. The number of morpholine rings is 1. The summed E-state index contributed by atoms with van der Waals surface area (Å²) in [5, 5.41) is 3.82. The molecule has 148 valence electrons. The van der Waals surface area contributed by atoms with Gasteiger partial charge < -0.3 is 25.3 Å². The van der Waals surface area contributed by atoms with Crippen molar-refractivity contribution in [3.63, 3.8) is 0 Å². The van der Waals surface area contributed by atoms with Crippen molar-refractivity contribution in [2.75, 3.05) is 37.4 Å². The standard InChI is InChI=1S/C18H23ClN8O/c1-11(2)10-27-16-14(25-17(27)19)15(26-3-5-28-6-4-26)23-13(24-16)7-12-8-21-18(20)22-9-12/h7-9,11,24H,3-6,10H2,1-2H3,(H2,20,21,22)/b13-7-. The third-order valence-electron chi connectivity index (χ3n) is 4.46. The first-order chi connectivity index (χ1) is 13.5. The van der Waals surface area contributed by atoms with E-state index in [1.807, 2.05) is 10.6 Å². The molecule has 0 saturated carbocycles. The lowest BCUT2D eigenvalue weighted by molar-refractivity contribution is 0.0681. The summed E-state index contributed by atoms with van der Waals surface area (Å²) in [4.78, 5) is 19.7. The van der Waals surface area contributed by atoms with Gasteiger partial charge in [0.15, 0.2) is 5.84 Å². The number of hydrogen-bond donors (Lipinski definition) is 2. The minimum absolute atomic E-state index is 0.236. The van der Waals surface area contributed by atoms with Crippen LogP contribution in [0.3, 0.4) is 0 Å². The van der Waals surface area contributed by atoms with Crippen molar-refractivity contribution in [2.45, 2.75) is 20.4 Å². The summed E-state index contributed by atoms with van der Waals surface area (Å²) in [5.74, 6) is 2.97. The summed E-state index contributed by atoms with van der Waals surface area (Å²) in [7, 11) is 0. The van der Waals surface area contributed by atoms with E-state index >= 15 is 0 Å². The van der Waals surface area contributed by atoms with E-state index < -0.39 is 0 Å². The number of fused-ring (bicyclic) bond motifs is 1. The molecule has 4 heterocycles. The maximum Gasteiger partial charge on any atom is 0.219 e. The van der Waals surface area contributed by atoms with Crippen LogP contribution in [-0.2, 0) is 11.3 Å². The summed E-state index contributed by atoms with van der Waals surface area (Å²) >= 11 is 6.47. The zero-order valence-electron chi connectivity index (χ0n) is 15.9. The lowest BCUT2D eigenvalue weighted by atomic mass is 10.2. The molecular weight excluding hydrogens is 380 g/mol. The molecule has 1 saturated heterocycles. The molecule has 4 rings (SSSR count). The van der Waals surface area contributed by atoms with Crippen LogP contribution in [0.1, 0.15) is 25.1 Å². The minimum atomic E-state index is 0.236. The number of aromatic nitrogens is 4. The largest absolute Gasteiger partial charge is 0.378 e. The normalized spacial score (nSPS) is 18.2. The van der Waals surface area contributed by atoms with Gasteiger partial charge in [-0.15, -0.1) is 0 Å². The number of amidine groups is 1. The summed E-state index contributed by atoms with van der Waals surface area (Å²) < 4.78 is 7.48. The fourth-order valence-corrected chi connectivity index (χ4v) is 3.44. The van der Waals surface area contributed by atoms with Crippen LogP contribution in [0, 0.1) is 5.92 Å². The molecule has 0 radical (unpaired) electrons. The molecule has 2 aromatic heterocycles. The molecule has 0 aromatic carbocycles. The molecule has 3 N–H and O–H groups in total. The van der Waals surface area contributed by atoms with Crippen molar-refractivity contribution < 1.29 is 4.74 Å². The summed E-state index contributed by atoms with van der Waals surface area (Å²) in [5.41, 5.74) is 7.14. The van der Waals surface area contributed by atoms with Gasteiger partial charge in [0.05, 0.1) is 13.2 Å². The molecule has 0 spiro atoms. The fourth-order valence-electron chi connectivity index (χ4n) is 3.20. The van der Waals surface area contributed by atoms with E-state index in [1.54, 1.807) is 12.4 Å². The Morgan fingerprint density at radius 1 is 1.29 bits per heavy atom. The van der Waals surface area contributed by atoms with Crippen LogP contribution in [0.2, 0.25) is 5.28 Å². The second-order valence-corrected chi connectivity index (χ2v) is 7.48. The van der Waals surface area contributed by atoms with Gasteiger partial charge in [-0.1, -0.05) is 13.8 Å². The Labute approximate surface area is 168 Å². The number of nitrogens with one attached hydrogen (secondary N) is 1. The monoisotopic (exact) mass is 402 g/mol. The number of imidazole rings is 1. The highest BCUT2D eigenvalue weighted by molar-refractivity contribution is 6.29. The van der Waals surface area contributed by atoms with Gasteiger partial charge in [-0.05, 0) is 23.6 Å². The van der Waals surface area contributed by atoms with Crippen molar-refractivity contribution in [3.05, 3.63) is 34.8 Å². The first-order valence-electron chi connectivity index (χ1n) is 9.25. The first kappa shape index (κ1) is 18.7. The van der Waals surface area contributed by atoms with Crippen LogP contribution in [0.15, 0.2) is 23.2 Å². The van der Waals surface area contributed by atoms with Gasteiger partial charge >= 0.3 is 0 Å². The Balaban J connectivity index is 1.77. The topological polar surface area (TPSA) is 106 Å². The Morgan fingerprint density at radius 2 is 2.00 bits per heavy atom. The average molecular weight is 403 g/mol. The molecular formula is C18H23ClN8O. The maximum atomic E-state index is 6.47. The number of anilines is 2. The SMILES string of the molecule is CC(C)Cn1c(Cl)nc2c1N/C(=C\c1cnc(N)nc1)N=C2N1CCOCC1. The van der Waals surface area contributed by atoms with Crippen molar-refractivity contribution in [2.24, 2.45) is 10.9 Å². The van der Waals surface area contributed by atoms with Crippen molar-refractivity contribution >= 4 is 35.3 Å². The number of nitrogens with two attached hydrogens (primary N) is 1. The van der Waals surface area contributed by atoms with Crippen LogP contribution in [0.25, 0.3) is 6.08 Å². The highest BCUT2D eigenvalue weighted by atomic mass is 35.5. The van der Waals surface area contributed by atoms with Crippen LogP contribution in [-0.4, -0.2) is 56.6 Å². The number of rotatable bonds is 3. The van der Waals surface area contributed by atoms with E-state index in [0.29, 0.717) is 30.2 Å². The molecule has 0 unspecified atom stereocenters. The maximum absolute atomic E-state index is 6.47. The highest BCUT2D eigenvalue weighted by Gasteiger charge is 2.29. The molecule has 9 nitrogen and oxygen atoms in total. The molecule has 2 aromatic rings. The van der Waals surface area contributed by atoms with E-state index in [2.05, 4.69) is 39.0 Å². The van der Waals surface area contributed by atoms with Crippen LogP contribution in [0.5, 0.6) is 0 Å². The first-order valence-corrected chi connectivity index (χ1v) is 9.63. The van der Waals surface area contributed by atoms with E-state index in [1.165, 1.54) is 0 Å². The van der Waals surface area contributed by atoms with Gasteiger partial charge in [0, 0.05) is 37.6 Å². The minimum Gasteiger partial charge on any atom is -0.378 e. The van der Waals surface area contributed by atoms with Gasteiger partial charge in [-0.3, -0.25) is 0 Å². The van der Waals surface area contributed by atoms with Crippen LogP contribution in [0.4, 0.5) is 11.8 Å². The van der Waals surface area contributed by atoms with E-state index in [9.17, 15) is 0 Å². The van der Waals surface area contributed by atoms with Gasteiger partial charge in [-0.25, -0.2) is 19.9 Å². The highest BCUT2D eigenvalue weighted by Crippen LogP contribution is 2.30. The molecule has 0 bridgehead atoms. The van der Waals surface area contributed by atoms with Crippen molar-refractivity contribution in [1.29, 1.82) is 0 Å². The summed E-state index contributed by atoms with van der Waals surface area (Å²) in [6, 6.07) is 0. The van der Waals surface area contributed by atoms with Crippen molar-refractivity contribution in [3.8, 4) is 0 Å². The quantitative estimate of drug-likeness (QED) is 0.809. The number of nitrogens with zero attached hydrogens (tertiary/aromatic N) is 6. The second kappa shape index (κ2) is 7.76. The molecule has 0 aliphatic carbocycles. The molecule has 0 amide bonds. The number of aliphatic imine (C=N–C) groups is 1. The van der Waals surface area contributed by atoms with Gasteiger partial charge in [-0.2, -0.15) is 0 Å². The lowest BCUT2D eigenvalue weighted by Gasteiger charge is -2.31. The second-order valence-electron chi connectivity index (χ2n) is 7.15. The van der Waals surface area contributed by atoms with E-state index in [0.717, 1.165) is 42.5 Å². The predicted molar refractivity (Wildman–Crippen MR) is 109 cm³/mol. The van der Waals surface area contributed by atoms with Gasteiger partial charge in [0.2, 0.25) is 11.2 Å². The number of ether oxygens (including phenoxy) is 1. The third-order valence-corrected chi connectivity index (χ3v) is 4.75. The molecule has 28 heavy (non-hydrogen) atoms. The molecule has 2 aliphatic rings. The number of hydrogen-bond acceptors (Lipinski definition) is 8. The molecule has 1 fully saturated rings. The Kier molecular flexibility index (Phi) is 5.19. The fraction of sp³-hybridized carbons (Fsp3) is 0.444. The Hall–Kier alpha value is -2.65. The van der Waals surface area contributed by atoms with Crippen LogP contribution >= 0.6 is 11.6 Å². The van der Waals surface area contributed by atoms with Crippen LogP contribution < -0.4 is 11.1 Å². The third kappa shape index (κ3) is 3.81. The van der Waals surface area contributed by atoms with E-state index in [-0.39, 0.29) is 5.95 Å². The molecule has 2 aliphatic heterocycles. The van der Waals surface area contributed by atoms with Gasteiger partial charge in [0.1, 0.15) is 17.3 Å². The summed E-state index contributed by atoms with van der Waals surface area (Å²) in [6.07, 6.45) is 5.20. The predicted octanol–water partition coefficient (Wildman–Crippen LogP) is 2.07. The Bertz CT molecular complexity index is 912. The zero-order valence-corrected chi connectivity index (χ0v) is 16.6.